The van der Waals surface area contributed by atoms with Crippen LogP contribution in [0.2, 0.25) is 0 Å². The van der Waals surface area contributed by atoms with Crippen molar-refractivity contribution in [3.8, 4) is 0 Å². The van der Waals surface area contributed by atoms with Crippen LogP contribution in [0.4, 0.5) is 5.69 Å². The monoisotopic (exact) mass is 503 g/mol. The van der Waals surface area contributed by atoms with E-state index in [0.29, 0.717) is 40.6 Å². The highest BCUT2D eigenvalue weighted by Crippen LogP contribution is 2.57. The van der Waals surface area contributed by atoms with Crippen molar-refractivity contribution in [3.63, 3.8) is 0 Å². The zero-order valence-corrected chi connectivity index (χ0v) is 21.2. The number of amides is 3. The average Bonchev–Trinajstić information content (AvgIpc) is 3.23. The summed E-state index contributed by atoms with van der Waals surface area (Å²) in [5.41, 5.74) is 1.23. The van der Waals surface area contributed by atoms with Gasteiger partial charge >= 0.3 is 7.60 Å². The normalized spacial score (nSPS) is 20.6. The second kappa shape index (κ2) is 10.2. The number of imide groups is 1. The molecule has 35 heavy (non-hydrogen) atoms. The number of benzene rings is 2. The summed E-state index contributed by atoms with van der Waals surface area (Å²) in [4.78, 5) is 46.0. The van der Waals surface area contributed by atoms with Gasteiger partial charge in [0, 0.05) is 36.7 Å². The van der Waals surface area contributed by atoms with Gasteiger partial charge in [-0.25, -0.2) is 0 Å². The van der Waals surface area contributed by atoms with Crippen molar-refractivity contribution in [2.75, 3.05) is 32.1 Å². The van der Waals surface area contributed by atoms with Crippen LogP contribution < -0.4 is 5.32 Å². The maximum absolute atomic E-state index is 13.2. The Kier molecular flexibility index (Phi) is 7.40. The molecule has 188 valence electrons. The summed E-state index contributed by atoms with van der Waals surface area (Å²) in [5, 5.41) is 5.42. The maximum Gasteiger partial charge on any atom is 0.350 e. The van der Waals surface area contributed by atoms with E-state index >= 15 is 0 Å². The molecule has 0 bridgehead atoms. The lowest BCUT2D eigenvalue weighted by Crippen LogP contribution is -2.40. The fourth-order valence-electron chi connectivity index (χ4n) is 4.59. The molecular weight excluding hydrogens is 473 g/mol. The second-order valence-corrected chi connectivity index (χ2v) is 10.6. The highest BCUT2D eigenvalue weighted by Gasteiger charge is 2.48. The molecule has 2 aliphatic heterocycles. The number of hydrogen-bond acceptors (Lipinski definition) is 8. The minimum absolute atomic E-state index is 0.113. The third-order valence-corrected chi connectivity index (χ3v) is 8.56. The van der Waals surface area contributed by atoms with E-state index in [0.717, 1.165) is 0 Å². The molecule has 2 heterocycles. The smallest absolute Gasteiger partial charge is 0.324 e. The third-order valence-electron chi connectivity index (χ3n) is 6.06. The van der Waals surface area contributed by atoms with Gasteiger partial charge in [-0.15, -0.1) is 0 Å². The first kappa shape index (κ1) is 25.5. The van der Waals surface area contributed by atoms with E-state index in [-0.39, 0.29) is 31.4 Å². The summed E-state index contributed by atoms with van der Waals surface area (Å²) in [6.45, 7) is 6.06. The molecule has 0 aliphatic carbocycles. The average molecular weight is 503 g/mol. The molecule has 0 unspecified atom stereocenters. The molecule has 0 aromatic heterocycles. The lowest BCUT2D eigenvalue weighted by Gasteiger charge is -2.27. The van der Waals surface area contributed by atoms with Crippen molar-refractivity contribution in [2.24, 2.45) is 0 Å². The van der Waals surface area contributed by atoms with Crippen LogP contribution in [0.25, 0.3) is 10.8 Å². The van der Waals surface area contributed by atoms with E-state index in [1.54, 1.807) is 51.2 Å². The Bertz CT molecular complexity index is 1210. The SMILES string of the molecule is CCCN1C(=O)c2cccc3cc(NC(=O)[C@H]4C[C@@H](P(=O)(OCC)OCC)N(C)O4)cc(c23)C1=O. The van der Waals surface area contributed by atoms with Gasteiger partial charge in [-0.05, 0) is 43.9 Å². The van der Waals surface area contributed by atoms with Gasteiger partial charge in [0.2, 0.25) is 0 Å². The fraction of sp³-hybridized carbons (Fsp3) is 0.458. The number of rotatable bonds is 9. The van der Waals surface area contributed by atoms with Crippen LogP contribution in [0.15, 0.2) is 30.3 Å². The summed E-state index contributed by atoms with van der Waals surface area (Å²) >= 11 is 0. The molecule has 4 rings (SSSR count). The fourth-order valence-corrected chi connectivity index (χ4v) is 6.63. The van der Waals surface area contributed by atoms with E-state index in [1.807, 2.05) is 6.92 Å². The van der Waals surface area contributed by atoms with Crippen LogP contribution in [-0.2, 0) is 23.2 Å². The molecule has 3 amide bonds. The van der Waals surface area contributed by atoms with Crippen LogP contribution in [-0.4, -0.2) is 66.4 Å². The molecule has 1 fully saturated rings. The van der Waals surface area contributed by atoms with Crippen molar-refractivity contribution in [1.29, 1.82) is 0 Å². The van der Waals surface area contributed by atoms with Gasteiger partial charge in [-0.3, -0.25) is 28.7 Å². The standard InChI is InChI=1S/C24H30N3O7P/c1-5-11-27-23(29)17-10-8-9-15-12-16(13-18(21(15)17)24(27)30)25-22(28)19-14-20(26(4)34-19)35(31,32-6-2)33-7-3/h8-10,12-13,19-20H,5-7,11,14H2,1-4H3,(H,25,28)/t19-,20-/m1/s1. The second-order valence-electron chi connectivity index (χ2n) is 8.41. The molecule has 2 aromatic carbocycles. The van der Waals surface area contributed by atoms with Gasteiger partial charge in [0.1, 0.15) is 5.78 Å². The molecule has 0 saturated carbocycles. The summed E-state index contributed by atoms with van der Waals surface area (Å²) in [7, 11) is -1.93. The first-order valence-corrected chi connectivity index (χ1v) is 13.4. The molecule has 2 aromatic rings. The Morgan fingerprint density at radius 1 is 1.11 bits per heavy atom. The maximum atomic E-state index is 13.2. The van der Waals surface area contributed by atoms with Crippen molar-refractivity contribution >= 4 is 41.8 Å². The van der Waals surface area contributed by atoms with E-state index < -0.39 is 25.4 Å². The number of hydroxylamine groups is 2. The number of carbonyl (C=O) groups is 3. The summed E-state index contributed by atoms with van der Waals surface area (Å²) in [6.07, 6.45) is -0.172. The first-order valence-electron chi connectivity index (χ1n) is 11.8. The van der Waals surface area contributed by atoms with E-state index in [9.17, 15) is 18.9 Å². The lowest BCUT2D eigenvalue weighted by molar-refractivity contribution is -0.155. The Hall–Kier alpha value is -2.62. The van der Waals surface area contributed by atoms with Crippen LogP contribution >= 0.6 is 7.60 Å². The van der Waals surface area contributed by atoms with Crippen LogP contribution in [0.1, 0.15) is 54.3 Å². The van der Waals surface area contributed by atoms with E-state index in [4.69, 9.17) is 13.9 Å². The van der Waals surface area contributed by atoms with Crippen molar-refractivity contribution < 1.29 is 32.8 Å². The van der Waals surface area contributed by atoms with Crippen molar-refractivity contribution in [2.45, 2.75) is 45.5 Å². The number of nitrogens with one attached hydrogen (secondary N) is 1. The van der Waals surface area contributed by atoms with Gasteiger partial charge in [-0.2, -0.15) is 5.06 Å². The molecule has 10 nitrogen and oxygen atoms in total. The van der Waals surface area contributed by atoms with Crippen LogP contribution in [0.5, 0.6) is 0 Å². The highest BCUT2D eigenvalue weighted by atomic mass is 31.2. The minimum atomic E-state index is -3.51. The predicted molar refractivity (Wildman–Crippen MR) is 130 cm³/mol. The highest BCUT2D eigenvalue weighted by molar-refractivity contribution is 7.54. The summed E-state index contributed by atoms with van der Waals surface area (Å²) < 4.78 is 24.1. The molecule has 0 spiro atoms. The number of anilines is 1. The molecule has 2 aliphatic rings. The molecular formula is C24H30N3O7P. The van der Waals surface area contributed by atoms with Gasteiger partial charge in [-0.1, -0.05) is 19.1 Å². The van der Waals surface area contributed by atoms with Crippen LogP contribution in [0.3, 0.4) is 0 Å². The lowest BCUT2D eigenvalue weighted by atomic mass is 9.93. The van der Waals surface area contributed by atoms with Gasteiger partial charge in [0.15, 0.2) is 6.10 Å². The van der Waals surface area contributed by atoms with Crippen molar-refractivity contribution in [1.82, 2.24) is 9.96 Å². The van der Waals surface area contributed by atoms with Gasteiger partial charge in [0.05, 0.1) is 18.8 Å². The summed E-state index contributed by atoms with van der Waals surface area (Å²) in [5.74, 6) is -1.88. The first-order chi connectivity index (χ1) is 16.7. The Morgan fingerprint density at radius 3 is 2.46 bits per heavy atom. The molecule has 11 heteroatoms. The summed E-state index contributed by atoms with van der Waals surface area (Å²) in [6, 6.07) is 8.56. The molecule has 1 saturated heterocycles. The zero-order chi connectivity index (χ0) is 25.3. The minimum Gasteiger partial charge on any atom is -0.324 e. The molecule has 0 radical (unpaired) electrons. The quantitative estimate of drug-likeness (QED) is 0.403. The predicted octanol–water partition coefficient (Wildman–Crippen LogP) is 4.01. The largest absolute Gasteiger partial charge is 0.350 e. The number of carbonyl (C=O) groups excluding carboxylic acids is 3. The van der Waals surface area contributed by atoms with E-state index in [1.165, 1.54) is 9.96 Å². The third kappa shape index (κ3) is 4.64. The van der Waals surface area contributed by atoms with Crippen LogP contribution in [0, 0.1) is 0 Å². The topological polar surface area (TPSA) is 114 Å². The number of hydrogen-bond donors (Lipinski definition) is 1. The van der Waals surface area contributed by atoms with Crippen molar-refractivity contribution in [3.05, 3.63) is 41.5 Å². The van der Waals surface area contributed by atoms with Gasteiger partial charge in [0.25, 0.3) is 17.7 Å². The van der Waals surface area contributed by atoms with Gasteiger partial charge < -0.3 is 14.4 Å². The van der Waals surface area contributed by atoms with E-state index in [2.05, 4.69) is 5.32 Å². The molecule has 2 atom stereocenters. The Labute approximate surface area is 204 Å². The Balaban J connectivity index is 1.60. The number of nitrogens with zero attached hydrogens (tertiary/aromatic N) is 2. The Morgan fingerprint density at radius 2 is 1.80 bits per heavy atom. The molecule has 1 N–H and O–H groups in total. The zero-order valence-electron chi connectivity index (χ0n) is 20.3.